The van der Waals surface area contributed by atoms with Crippen molar-refractivity contribution in [2.24, 2.45) is 0 Å². The molecule has 1 N–H and O–H groups in total. The number of nitrogens with one attached hydrogen (secondary N) is 1. The second-order valence-electron chi connectivity index (χ2n) is 7.36. The number of nitrogens with zero attached hydrogens (tertiary/aromatic N) is 4. The van der Waals surface area contributed by atoms with Crippen LogP contribution in [0.2, 0.25) is 0 Å². The fourth-order valence-electron chi connectivity index (χ4n) is 3.77. The van der Waals surface area contributed by atoms with Gasteiger partial charge in [0.1, 0.15) is 13.2 Å². The minimum Gasteiger partial charge on any atom is -0.486 e. The summed E-state index contributed by atoms with van der Waals surface area (Å²) in [6.07, 6.45) is 3.40. The molecule has 8 nitrogen and oxygen atoms in total. The molecule has 0 unspecified atom stereocenters. The van der Waals surface area contributed by atoms with E-state index in [0.717, 1.165) is 34.1 Å². The van der Waals surface area contributed by atoms with E-state index in [0.29, 0.717) is 29.8 Å². The van der Waals surface area contributed by atoms with E-state index in [-0.39, 0.29) is 11.5 Å². The molecule has 4 heterocycles. The molecule has 0 fully saturated rings. The van der Waals surface area contributed by atoms with Crippen molar-refractivity contribution in [3.8, 4) is 28.6 Å². The summed E-state index contributed by atoms with van der Waals surface area (Å²) in [6, 6.07) is 11.5. The highest BCUT2D eigenvalue weighted by Gasteiger charge is 2.20. The number of rotatable bonds is 6. The van der Waals surface area contributed by atoms with Crippen molar-refractivity contribution in [3.63, 3.8) is 0 Å². The molecule has 0 spiro atoms. The lowest BCUT2D eigenvalue weighted by Gasteiger charge is -2.20. The Labute approximate surface area is 189 Å². The summed E-state index contributed by atoms with van der Waals surface area (Å²) in [4.78, 5) is 21.5. The summed E-state index contributed by atoms with van der Waals surface area (Å²) < 4.78 is 13.4. The lowest BCUT2D eigenvalue weighted by Crippen LogP contribution is -2.15. The molecule has 5 rings (SSSR count). The molecule has 1 aliphatic rings. The van der Waals surface area contributed by atoms with Crippen LogP contribution in [0.4, 0.5) is 0 Å². The maximum absolute atomic E-state index is 13.0. The fourth-order valence-corrected chi connectivity index (χ4v) is 4.45. The average Bonchev–Trinajstić information content (AvgIpc) is 3.42. The monoisotopic (exact) mass is 447 g/mol. The normalized spacial score (nSPS) is 12.7. The van der Waals surface area contributed by atoms with Gasteiger partial charge in [0.25, 0.3) is 0 Å². The highest BCUT2D eigenvalue weighted by atomic mass is 32.2. The number of Topliss-reactive ketones (excluding diaryl/α,β-unsaturated/α-hetero) is 1. The molecule has 0 atom stereocenters. The first-order chi connectivity index (χ1) is 15.6. The van der Waals surface area contributed by atoms with Gasteiger partial charge in [-0.3, -0.25) is 14.9 Å². The molecule has 3 aromatic heterocycles. The highest BCUT2D eigenvalue weighted by Crippen LogP contribution is 2.33. The maximum Gasteiger partial charge on any atom is 0.209 e. The van der Waals surface area contributed by atoms with Crippen molar-refractivity contribution in [3.05, 3.63) is 65.7 Å². The summed E-state index contributed by atoms with van der Waals surface area (Å²) in [7, 11) is 0. The van der Waals surface area contributed by atoms with Gasteiger partial charge in [0.05, 0.1) is 5.75 Å². The molecule has 0 saturated carbocycles. The number of carbonyl (C=O) groups is 1. The number of aromatic nitrogens is 5. The number of hydrogen-bond acceptors (Lipinski definition) is 7. The van der Waals surface area contributed by atoms with Crippen LogP contribution in [0.5, 0.6) is 11.5 Å². The Morgan fingerprint density at radius 1 is 1.09 bits per heavy atom. The van der Waals surface area contributed by atoms with Crippen molar-refractivity contribution in [1.29, 1.82) is 0 Å². The van der Waals surface area contributed by atoms with Gasteiger partial charge in [-0.05, 0) is 44.2 Å². The zero-order valence-corrected chi connectivity index (χ0v) is 18.5. The van der Waals surface area contributed by atoms with Crippen LogP contribution in [0.3, 0.4) is 0 Å². The Kier molecular flexibility index (Phi) is 5.40. The SMILES string of the molecule is Cc1cc(C(=O)CSc2n[nH]c(-c3ccncc3)n2)c(C)n1-c1ccc2c(c1)OCCO2. The van der Waals surface area contributed by atoms with Crippen LogP contribution < -0.4 is 9.47 Å². The lowest BCUT2D eigenvalue weighted by molar-refractivity contribution is 0.102. The van der Waals surface area contributed by atoms with Crippen molar-refractivity contribution in [2.75, 3.05) is 19.0 Å². The van der Waals surface area contributed by atoms with E-state index in [2.05, 4.69) is 24.7 Å². The van der Waals surface area contributed by atoms with Crippen LogP contribution in [0.1, 0.15) is 21.7 Å². The number of H-pyrrole nitrogens is 1. The number of aromatic amines is 1. The molecule has 0 saturated heterocycles. The molecule has 9 heteroatoms. The van der Waals surface area contributed by atoms with E-state index in [9.17, 15) is 4.79 Å². The van der Waals surface area contributed by atoms with Gasteiger partial charge in [0.2, 0.25) is 5.16 Å². The first-order valence-electron chi connectivity index (χ1n) is 10.2. The number of hydrogen-bond donors (Lipinski definition) is 1. The van der Waals surface area contributed by atoms with Crippen LogP contribution in [0.25, 0.3) is 17.1 Å². The second kappa shape index (κ2) is 8.51. The number of carbonyl (C=O) groups excluding carboxylic acids is 1. The number of ether oxygens (including phenoxy) is 2. The van der Waals surface area contributed by atoms with Gasteiger partial charge in [0.15, 0.2) is 23.1 Å². The van der Waals surface area contributed by atoms with Gasteiger partial charge >= 0.3 is 0 Å². The van der Waals surface area contributed by atoms with Gasteiger partial charge in [0, 0.05) is 46.7 Å². The number of pyridine rings is 1. The van der Waals surface area contributed by atoms with Gasteiger partial charge in [-0.15, -0.1) is 5.10 Å². The quantitative estimate of drug-likeness (QED) is 0.352. The average molecular weight is 448 g/mol. The minimum absolute atomic E-state index is 0.0298. The van der Waals surface area contributed by atoms with Crippen molar-refractivity contribution >= 4 is 17.5 Å². The molecular formula is C23H21N5O3S. The molecule has 1 aromatic carbocycles. The van der Waals surface area contributed by atoms with Crippen LogP contribution >= 0.6 is 11.8 Å². The Bertz CT molecular complexity index is 1280. The fraction of sp³-hybridized carbons (Fsp3) is 0.217. The first kappa shape index (κ1) is 20.3. The first-order valence-corrected chi connectivity index (χ1v) is 11.2. The number of fused-ring (bicyclic) bond motifs is 1. The molecule has 32 heavy (non-hydrogen) atoms. The Morgan fingerprint density at radius 2 is 1.88 bits per heavy atom. The van der Waals surface area contributed by atoms with E-state index >= 15 is 0 Å². The molecule has 4 aromatic rings. The highest BCUT2D eigenvalue weighted by molar-refractivity contribution is 7.99. The van der Waals surface area contributed by atoms with Crippen molar-refractivity contribution in [2.45, 2.75) is 19.0 Å². The predicted octanol–water partition coefficient (Wildman–Crippen LogP) is 4.02. The molecule has 0 bridgehead atoms. The second-order valence-corrected chi connectivity index (χ2v) is 8.31. The molecule has 162 valence electrons. The van der Waals surface area contributed by atoms with Crippen molar-refractivity contribution < 1.29 is 14.3 Å². The molecule has 1 aliphatic heterocycles. The largest absolute Gasteiger partial charge is 0.486 e. The molecule has 0 aliphatic carbocycles. The predicted molar refractivity (Wildman–Crippen MR) is 121 cm³/mol. The maximum atomic E-state index is 13.0. The zero-order valence-electron chi connectivity index (χ0n) is 17.7. The van der Waals surface area contributed by atoms with Crippen LogP contribution in [0, 0.1) is 13.8 Å². The third kappa shape index (κ3) is 3.87. The Hall–Kier alpha value is -3.59. The summed E-state index contributed by atoms with van der Waals surface area (Å²) in [5, 5.41) is 7.66. The summed E-state index contributed by atoms with van der Waals surface area (Å²) in [5.74, 6) is 2.40. The van der Waals surface area contributed by atoms with Gasteiger partial charge in [-0.25, -0.2) is 4.98 Å². The van der Waals surface area contributed by atoms with Crippen LogP contribution in [-0.4, -0.2) is 49.5 Å². The smallest absolute Gasteiger partial charge is 0.209 e. The summed E-state index contributed by atoms with van der Waals surface area (Å²) in [5.41, 5.74) is 4.39. The molecular weight excluding hydrogens is 426 g/mol. The number of thioether (sulfide) groups is 1. The minimum atomic E-state index is 0.0298. The molecule has 0 amide bonds. The topological polar surface area (TPSA) is 94.9 Å². The van der Waals surface area contributed by atoms with Gasteiger partial charge in [-0.2, -0.15) is 0 Å². The van der Waals surface area contributed by atoms with Crippen LogP contribution in [0.15, 0.2) is 53.9 Å². The number of aryl methyl sites for hydroxylation is 1. The van der Waals surface area contributed by atoms with E-state index in [4.69, 9.17) is 9.47 Å². The Balaban J connectivity index is 1.33. The number of benzene rings is 1. The van der Waals surface area contributed by atoms with E-state index < -0.39 is 0 Å². The summed E-state index contributed by atoms with van der Waals surface area (Å²) in [6.45, 7) is 5.03. The van der Waals surface area contributed by atoms with Gasteiger partial charge < -0.3 is 14.0 Å². The third-order valence-corrected chi connectivity index (χ3v) is 6.11. The van der Waals surface area contributed by atoms with E-state index in [1.165, 1.54) is 11.8 Å². The van der Waals surface area contributed by atoms with Crippen LogP contribution in [-0.2, 0) is 0 Å². The lowest BCUT2D eigenvalue weighted by atomic mass is 10.2. The zero-order chi connectivity index (χ0) is 22.1. The summed E-state index contributed by atoms with van der Waals surface area (Å²) >= 11 is 1.31. The number of ketones is 1. The van der Waals surface area contributed by atoms with E-state index in [1.807, 2.05) is 50.2 Å². The standard InChI is InChI=1S/C23H21N5O3S/c1-14-11-18(15(2)28(14)17-3-4-20-21(12-17)31-10-9-30-20)19(29)13-32-23-25-22(26-27-23)16-5-7-24-8-6-16/h3-8,11-12H,9-10,13H2,1-2H3,(H,25,26,27). The van der Waals surface area contributed by atoms with Gasteiger partial charge in [-0.1, -0.05) is 11.8 Å². The Morgan fingerprint density at radius 3 is 2.69 bits per heavy atom. The molecule has 0 radical (unpaired) electrons. The third-order valence-electron chi connectivity index (χ3n) is 5.27. The van der Waals surface area contributed by atoms with Crippen molar-refractivity contribution in [1.82, 2.24) is 24.7 Å². The van der Waals surface area contributed by atoms with E-state index in [1.54, 1.807) is 12.4 Å².